The van der Waals surface area contributed by atoms with Gasteiger partial charge < -0.3 is 20.1 Å². The van der Waals surface area contributed by atoms with Crippen LogP contribution in [0.4, 0.5) is 0 Å². The number of nitrogens with zero attached hydrogens (tertiary/aromatic N) is 1. The Kier molecular flexibility index (Phi) is 4.03. The van der Waals surface area contributed by atoms with Crippen LogP contribution in [0.1, 0.15) is 0 Å². The van der Waals surface area contributed by atoms with Gasteiger partial charge in [0.15, 0.2) is 6.61 Å². The highest BCUT2D eigenvalue weighted by Gasteiger charge is 2.60. The summed E-state index contributed by atoms with van der Waals surface area (Å²) in [6, 6.07) is 6.67. The molecule has 0 radical (unpaired) electrons. The van der Waals surface area contributed by atoms with Gasteiger partial charge in [-0.15, -0.1) is 0 Å². The van der Waals surface area contributed by atoms with Crippen molar-refractivity contribution in [1.29, 1.82) is 0 Å². The Hall–Kier alpha value is -2.42. The number of carboxylic acids is 1. The number of rotatable bonds is 5. The highest BCUT2D eigenvalue weighted by atomic mass is 32.2. The van der Waals surface area contributed by atoms with Crippen LogP contribution in [0.5, 0.6) is 5.75 Å². The molecule has 2 fully saturated rings. The minimum atomic E-state index is -1.50. The van der Waals surface area contributed by atoms with Gasteiger partial charge in [0.1, 0.15) is 23.2 Å². The maximum atomic E-state index is 12.0. The number of ether oxygens (including phenoxy) is 1. The molecule has 0 aromatic heterocycles. The van der Waals surface area contributed by atoms with Crippen LogP contribution in [0.15, 0.2) is 30.3 Å². The van der Waals surface area contributed by atoms with Crippen molar-refractivity contribution in [1.82, 2.24) is 10.2 Å². The smallest absolute Gasteiger partial charge is 0.327 e. The minimum Gasteiger partial charge on any atom is -0.484 e. The molecule has 4 atom stereocenters. The summed E-state index contributed by atoms with van der Waals surface area (Å²) in [5.41, 5.74) is 0. The second-order valence-corrected chi connectivity index (χ2v) is 6.76. The second kappa shape index (κ2) is 5.99. The molecule has 2 heterocycles. The Bertz CT molecular complexity index is 679. The van der Waals surface area contributed by atoms with Crippen LogP contribution in [0.25, 0.3) is 0 Å². The monoisotopic (exact) mass is 338 g/mol. The maximum absolute atomic E-state index is 12.0. The number of benzene rings is 1. The van der Waals surface area contributed by atoms with Crippen molar-refractivity contribution in [3.63, 3.8) is 0 Å². The number of hydrogen-bond donors (Lipinski definition) is 2. The lowest BCUT2D eigenvalue weighted by Crippen LogP contribution is -2.71. The molecule has 2 N–H and O–H groups in total. The van der Waals surface area contributed by atoms with Crippen LogP contribution in [-0.4, -0.2) is 61.8 Å². The van der Waals surface area contributed by atoms with Crippen molar-refractivity contribution >= 4 is 28.6 Å². The second-order valence-electron chi connectivity index (χ2n) is 5.18. The number of aliphatic carboxylic acids is 1. The van der Waals surface area contributed by atoms with E-state index in [4.69, 9.17) is 9.84 Å². The Morgan fingerprint density at radius 2 is 2.04 bits per heavy atom. The van der Waals surface area contributed by atoms with Crippen molar-refractivity contribution in [3.8, 4) is 5.75 Å². The third-order valence-corrected chi connectivity index (χ3v) is 5.40. The van der Waals surface area contributed by atoms with Crippen molar-refractivity contribution in [2.75, 3.05) is 12.4 Å². The van der Waals surface area contributed by atoms with Crippen LogP contribution < -0.4 is 10.1 Å². The van der Waals surface area contributed by atoms with Gasteiger partial charge in [-0.05, 0) is 12.1 Å². The molecule has 1 aromatic carbocycles. The Labute approximate surface area is 133 Å². The molecule has 0 spiro atoms. The SMILES string of the molecule is O=C(COc1ccccc1)N[C@H]1C(=O)N2C(C(=O)O)CS(=O)[C@@H]12. The van der Waals surface area contributed by atoms with Gasteiger partial charge in [0, 0.05) is 10.8 Å². The summed E-state index contributed by atoms with van der Waals surface area (Å²) in [6.45, 7) is -0.282. The van der Waals surface area contributed by atoms with Gasteiger partial charge in [-0.2, -0.15) is 0 Å². The van der Waals surface area contributed by atoms with Crippen LogP contribution in [0.3, 0.4) is 0 Å². The Morgan fingerprint density at radius 1 is 1.35 bits per heavy atom. The summed E-state index contributed by atoms with van der Waals surface area (Å²) in [7, 11) is -1.50. The van der Waals surface area contributed by atoms with E-state index in [9.17, 15) is 18.6 Å². The molecule has 3 rings (SSSR count). The van der Waals surface area contributed by atoms with Crippen molar-refractivity contribution in [3.05, 3.63) is 30.3 Å². The first-order valence-corrected chi connectivity index (χ1v) is 8.26. The number of nitrogens with one attached hydrogen (secondary N) is 1. The summed E-state index contributed by atoms with van der Waals surface area (Å²) in [5, 5.41) is 10.7. The highest BCUT2D eigenvalue weighted by Crippen LogP contribution is 2.33. The molecule has 0 saturated carbocycles. The standard InChI is InChI=1S/C14H14N2O6S/c17-10(6-22-8-4-2-1-3-5-8)15-11-12(18)16-9(14(19)20)7-23(21)13(11)16/h1-5,9,11,13H,6-7H2,(H,15,17)(H,19,20)/t9?,11-,13-,23?/m0/s1. The zero-order chi connectivity index (χ0) is 16.6. The number of carboxylic acid groups (broad SMARTS) is 1. The minimum absolute atomic E-state index is 0.112. The van der Waals surface area contributed by atoms with Crippen LogP contribution in [0.2, 0.25) is 0 Å². The van der Waals surface area contributed by atoms with Gasteiger partial charge in [0.25, 0.3) is 5.91 Å². The normalized spacial score (nSPS) is 28.7. The first kappa shape index (κ1) is 15.5. The van der Waals surface area contributed by atoms with Gasteiger partial charge in [-0.1, -0.05) is 18.2 Å². The molecule has 1 aromatic rings. The Morgan fingerprint density at radius 3 is 2.70 bits per heavy atom. The number of fused-ring (bicyclic) bond motifs is 1. The molecule has 2 aliphatic heterocycles. The summed E-state index contributed by atoms with van der Waals surface area (Å²) in [4.78, 5) is 35.9. The predicted octanol–water partition coefficient (Wildman–Crippen LogP) is -1.07. The van der Waals surface area contributed by atoms with E-state index in [2.05, 4.69) is 5.32 Å². The van der Waals surface area contributed by atoms with Crippen molar-refractivity contribution in [2.45, 2.75) is 17.5 Å². The van der Waals surface area contributed by atoms with Gasteiger partial charge in [0.05, 0.1) is 5.75 Å². The van der Waals surface area contributed by atoms with E-state index in [1.165, 1.54) is 0 Å². The molecule has 8 nitrogen and oxygen atoms in total. The molecule has 2 unspecified atom stereocenters. The first-order chi connectivity index (χ1) is 11.0. The lowest BCUT2D eigenvalue weighted by atomic mass is 10.0. The first-order valence-electron chi connectivity index (χ1n) is 6.88. The van der Waals surface area contributed by atoms with E-state index in [0.29, 0.717) is 5.75 Å². The molecule has 23 heavy (non-hydrogen) atoms. The summed E-state index contributed by atoms with van der Waals surface area (Å²) in [5.74, 6) is -1.84. The zero-order valence-corrected chi connectivity index (χ0v) is 12.7. The van der Waals surface area contributed by atoms with Crippen LogP contribution in [0, 0.1) is 0 Å². The molecule has 0 aliphatic carbocycles. The molecule has 2 aliphatic rings. The molecule has 2 amide bonds. The highest BCUT2D eigenvalue weighted by molar-refractivity contribution is 7.86. The quantitative estimate of drug-likeness (QED) is 0.661. The van der Waals surface area contributed by atoms with Gasteiger partial charge in [-0.3, -0.25) is 13.8 Å². The summed E-state index contributed by atoms with van der Waals surface area (Å²) < 4.78 is 17.2. The molecular formula is C14H14N2O6S. The number of hydrogen-bond acceptors (Lipinski definition) is 5. The van der Waals surface area contributed by atoms with E-state index >= 15 is 0 Å². The van der Waals surface area contributed by atoms with Crippen molar-refractivity contribution < 1.29 is 28.4 Å². The molecular weight excluding hydrogens is 324 g/mol. The molecule has 0 bridgehead atoms. The molecule has 2 saturated heterocycles. The van der Waals surface area contributed by atoms with Gasteiger partial charge in [-0.25, -0.2) is 4.79 Å². The number of carbonyl (C=O) groups excluding carboxylic acids is 2. The van der Waals surface area contributed by atoms with E-state index in [1.54, 1.807) is 24.3 Å². The third kappa shape index (κ3) is 2.79. The number of β-lactam (4-membered cyclic amide) rings is 1. The number of para-hydroxylation sites is 1. The van der Waals surface area contributed by atoms with E-state index in [0.717, 1.165) is 4.90 Å². The fourth-order valence-electron chi connectivity index (χ4n) is 2.63. The maximum Gasteiger partial charge on any atom is 0.327 e. The summed E-state index contributed by atoms with van der Waals surface area (Å²) in [6.07, 6.45) is 0. The lowest BCUT2D eigenvalue weighted by molar-refractivity contribution is -0.159. The summed E-state index contributed by atoms with van der Waals surface area (Å²) >= 11 is 0. The van der Waals surface area contributed by atoms with Crippen LogP contribution in [-0.2, 0) is 25.2 Å². The van der Waals surface area contributed by atoms with Gasteiger partial charge >= 0.3 is 5.97 Å². The van der Waals surface area contributed by atoms with Crippen molar-refractivity contribution in [2.24, 2.45) is 0 Å². The zero-order valence-electron chi connectivity index (χ0n) is 11.9. The molecule has 122 valence electrons. The topological polar surface area (TPSA) is 113 Å². The van der Waals surface area contributed by atoms with E-state index in [-0.39, 0.29) is 12.4 Å². The fraction of sp³-hybridized carbons (Fsp3) is 0.357. The van der Waals surface area contributed by atoms with Crippen LogP contribution >= 0.6 is 0 Å². The molecule has 9 heteroatoms. The number of amides is 2. The third-order valence-electron chi connectivity index (χ3n) is 3.72. The average Bonchev–Trinajstić information content (AvgIpc) is 2.85. The van der Waals surface area contributed by atoms with E-state index in [1.807, 2.05) is 6.07 Å². The fourth-order valence-corrected chi connectivity index (χ4v) is 4.44. The lowest BCUT2D eigenvalue weighted by Gasteiger charge is -2.42. The largest absolute Gasteiger partial charge is 0.484 e. The number of carbonyl (C=O) groups is 3. The Balaban J connectivity index is 1.57. The average molecular weight is 338 g/mol. The van der Waals surface area contributed by atoms with E-state index < -0.39 is 46.0 Å². The predicted molar refractivity (Wildman–Crippen MR) is 78.9 cm³/mol. The van der Waals surface area contributed by atoms with Gasteiger partial charge in [0.2, 0.25) is 5.91 Å².